The van der Waals surface area contributed by atoms with Crippen LogP contribution in [0.3, 0.4) is 0 Å². The van der Waals surface area contributed by atoms with Gasteiger partial charge in [0.25, 0.3) is 0 Å². The summed E-state index contributed by atoms with van der Waals surface area (Å²) < 4.78 is 24.3. The minimum atomic E-state index is -1.92. The first-order valence-corrected chi connectivity index (χ1v) is 11.3. The fraction of sp³-hybridized carbons (Fsp3) is 0.321. The molecule has 0 bridgehead atoms. The van der Waals surface area contributed by atoms with Crippen molar-refractivity contribution in [3.8, 4) is 6.07 Å². The lowest BCUT2D eigenvalue weighted by molar-refractivity contribution is -0.231. The Kier molecular flexibility index (Phi) is 5.76. The topological polar surface area (TPSA) is 80.9 Å². The molecule has 2 aliphatic rings. The second-order valence-corrected chi connectivity index (χ2v) is 9.08. The molecule has 0 aromatic heterocycles. The predicted molar refractivity (Wildman–Crippen MR) is 124 cm³/mol. The molecule has 4 atom stereocenters. The Morgan fingerprint density at radius 2 is 1.32 bits per heavy atom. The summed E-state index contributed by atoms with van der Waals surface area (Å²) in [6.07, 6.45) is -2.76. The summed E-state index contributed by atoms with van der Waals surface area (Å²) in [5.41, 5.74) is -0.171. The molecule has 0 amide bonds. The minimum absolute atomic E-state index is 0.0666. The van der Waals surface area contributed by atoms with E-state index in [-0.39, 0.29) is 6.61 Å². The Hall–Kier alpha value is -3.05. The summed E-state index contributed by atoms with van der Waals surface area (Å²) in [6, 6.07) is 31.7. The normalized spacial score (nSPS) is 27.8. The van der Waals surface area contributed by atoms with Crippen molar-refractivity contribution in [2.45, 2.75) is 49.3 Å². The second kappa shape index (κ2) is 8.62. The van der Waals surface area contributed by atoms with Crippen molar-refractivity contribution < 1.29 is 24.1 Å². The number of ether oxygens (including phenoxy) is 4. The van der Waals surface area contributed by atoms with Crippen molar-refractivity contribution in [3.05, 3.63) is 108 Å². The van der Waals surface area contributed by atoms with Crippen molar-refractivity contribution in [3.63, 3.8) is 0 Å². The molecule has 3 aromatic carbocycles. The number of hydrogen-bond donors (Lipinski definition) is 1. The molecule has 5 rings (SSSR count). The van der Waals surface area contributed by atoms with Gasteiger partial charge in [-0.05, 0) is 30.5 Å². The molecule has 0 saturated carbocycles. The summed E-state index contributed by atoms with van der Waals surface area (Å²) >= 11 is 0. The van der Waals surface area contributed by atoms with Gasteiger partial charge in [0.15, 0.2) is 18.2 Å². The fourth-order valence-corrected chi connectivity index (χ4v) is 4.85. The van der Waals surface area contributed by atoms with E-state index in [0.717, 1.165) is 16.7 Å². The van der Waals surface area contributed by atoms with Crippen LogP contribution in [0.2, 0.25) is 0 Å². The molecule has 6 nitrogen and oxygen atoms in total. The quantitative estimate of drug-likeness (QED) is 0.443. The molecular formula is C28H27NO5. The van der Waals surface area contributed by atoms with Crippen LogP contribution >= 0.6 is 0 Å². The van der Waals surface area contributed by atoms with Crippen LogP contribution in [-0.2, 0) is 24.5 Å². The molecule has 0 aliphatic carbocycles. The van der Waals surface area contributed by atoms with Gasteiger partial charge in [-0.1, -0.05) is 91.0 Å². The highest BCUT2D eigenvalue weighted by Crippen LogP contribution is 2.45. The van der Waals surface area contributed by atoms with Crippen LogP contribution in [0, 0.1) is 11.3 Å². The van der Waals surface area contributed by atoms with E-state index in [9.17, 15) is 10.4 Å². The molecular weight excluding hydrogens is 430 g/mol. The first-order chi connectivity index (χ1) is 16.4. The number of fused-ring (bicyclic) bond motifs is 1. The molecule has 6 heteroatoms. The van der Waals surface area contributed by atoms with Crippen molar-refractivity contribution in [1.82, 2.24) is 0 Å². The summed E-state index contributed by atoms with van der Waals surface area (Å²) in [7, 11) is 0. The van der Waals surface area contributed by atoms with Crippen molar-refractivity contribution in [1.29, 1.82) is 5.26 Å². The summed E-state index contributed by atoms with van der Waals surface area (Å²) in [5, 5.41) is 21.2. The maximum atomic E-state index is 11.3. The zero-order valence-electron chi connectivity index (χ0n) is 19.1. The molecule has 0 spiro atoms. The standard InChI is InChI=1S/C28H27NO5/c1-26(2)33-24-25(34-26)32-23(27(24,30)19-29)18-31-28(20-12-6-3-7-13-20,21-14-8-4-9-15-21)22-16-10-5-11-17-22/h3-17,23-25,30H,18H2,1-2H3/t23-,24+,25-,27-/m1/s1. The van der Waals surface area contributed by atoms with Gasteiger partial charge in [-0.2, -0.15) is 5.26 Å². The number of nitrogens with zero attached hydrogens (tertiary/aromatic N) is 1. The average molecular weight is 458 g/mol. The first-order valence-electron chi connectivity index (χ1n) is 11.3. The zero-order chi connectivity index (χ0) is 23.8. The maximum absolute atomic E-state index is 11.3. The van der Waals surface area contributed by atoms with Gasteiger partial charge in [-0.25, -0.2) is 0 Å². The van der Waals surface area contributed by atoms with E-state index in [1.807, 2.05) is 97.1 Å². The lowest BCUT2D eigenvalue weighted by Gasteiger charge is -2.38. The third-order valence-corrected chi connectivity index (χ3v) is 6.45. The van der Waals surface area contributed by atoms with E-state index in [1.54, 1.807) is 13.8 Å². The highest BCUT2D eigenvalue weighted by Gasteiger charge is 2.64. The highest BCUT2D eigenvalue weighted by atomic mass is 16.8. The largest absolute Gasteiger partial charge is 0.371 e. The molecule has 174 valence electrons. The third kappa shape index (κ3) is 3.72. The van der Waals surface area contributed by atoms with Gasteiger partial charge < -0.3 is 24.1 Å². The summed E-state index contributed by atoms with van der Waals surface area (Å²) in [5.74, 6) is -0.951. The number of aliphatic hydroxyl groups is 1. The van der Waals surface area contributed by atoms with Crippen LogP contribution in [0.15, 0.2) is 91.0 Å². The number of rotatable bonds is 6. The fourth-order valence-electron chi connectivity index (χ4n) is 4.85. The van der Waals surface area contributed by atoms with Gasteiger partial charge in [-0.15, -0.1) is 0 Å². The van der Waals surface area contributed by atoms with Crippen molar-refractivity contribution in [2.24, 2.45) is 0 Å². The maximum Gasteiger partial charge on any atom is 0.211 e. The second-order valence-electron chi connectivity index (χ2n) is 9.08. The zero-order valence-corrected chi connectivity index (χ0v) is 19.1. The Labute approximate surface area is 199 Å². The van der Waals surface area contributed by atoms with Gasteiger partial charge in [0.1, 0.15) is 17.8 Å². The van der Waals surface area contributed by atoms with E-state index in [0.29, 0.717) is 0 Å². The van der Waals surface area contributed by atoms with Gasteiger partial charge in [0, 0.05) is 0 Å². The Morgan fingerprint density at radius 3 is 1.76 bits per heavy atom. The van der Waals surface area contributed by atoms with Crippen LogP contribution in [0.1, 0.15) is 30.5 Å². The minimum Gasteiger partial charge on any atom is -0.371 e. The van der Waals surface area contributed by atoms with Crippen LogP contribution in [0.4, 0.5) is 0 Å². The molecule has 2 heterocycles. The van der Waals surface area contributed by atoms with E-state index < -0.39 is 35.5 Å². The number of benzene rings is 3. The number of hydrogen-bond acceptors (Lipinski definition) is 6. The van der Waals surface area contributed by atoms with Crippen LogP contribution in [-0.4, -0.2) is 41.6 Å². The average Bonchev–Trinajstić information content (AvgIpc) is 3.31. The molecule has 2 fully saturated rings. The van der Waals surface area contributed by atoms with E-state index in [2.05, 4.69) is 0 Å². The molecule has 2 saturated heterocycles. The van der Waals surface area contributed by atoms with Crippen molar-refractivity contribution >= 4 is 0 Å². The van der Waals surface area contributed by atoms with Gasteiger partial charge in [-0.3, -0.25) is 0 Å². The third-order valence-electron chi connectivity index (χ3n) is 6.45. The lowest BCUT2D eigenvalue weighted by Crippen LogP contribution is -2.50. The predicted octanol–water partition coefficient (Wildman–Crippen LogP) is 4.13. The smallest absolute Gasteiger partial charge is 0.211 e. The number of nitriles is 1. The van der Waals surface area contributed by atoms with Crippen LogP contribution in [0.25, 0.3) is 0 Å². The van der Waals surface area contributed by atoms with Crippen LogP contribution in [0.5, 0.6) is 0 Å². The molecule has 3 aromatic rings. The molecule has 0 unspecified atom stereocenters. The molecule has 2 aliphatic heterocycles. The monoisotopic (exact) mass is 457 g/mol. The lowest BCUT2D eigenvalue weighted by atomic mass is 9.80. The molecule has 1 N–H and O–H groups in total. The highest BCUT2D eigenvalue weighted by molar-refractivity contribution is 5.47. The van der Waals surface area contributed by atoms with Gasteiger partial charge in [0.05, 0.1) is 6.61 Å². The van der Waals surface area contributed by atoms with E-state index in [1.165, 1.54) is 0 Å². The van der Waals surface area contributed by atoms with E-state index in [4.69, 9.17) is 18.9 Å². The summed E-state index contributed by atoms with van der Waals surface area (Å²) in [6.45, 7) is 3.38. The SMILES string of the molecule is CC1(C)O[C@H]2O[C@H](COC(c3ccccc3)(c3ccccc3)c3ccccc3)[C@](O)(C#N)[C@H]2O1. The molecule has 34 heavy (non-hydrogen) atoms. The Morgan fingerprint density at radius 1 is 0.853 bits per heavy atom. The van der Waals surface area contributed by atoms with Gasteiger partial charge >= 0.3 is 0 Å². The first kappa shape index (κ1) is 22.7. The van der Waals surface area contributed by atoms with Crippen molar-refractivity contribution in [2.75, 3.05) is 6.61 Å². The summed E-state index contributed by atoms with van der Waals surface area (Å²) in [4.78, 5) is 0. The van der Waals surface area contributed by atoms with E-state index >= 15 is 0 Å². The Balaban J connectivity index is 1.56. The van der Waals surface area contributed by atoms with Gasteiger partial charge in [0.2, 0.25) is 5.60 Å². The van der Waals surface area contributed by atoms with Crippen LogP contribution < -0.4 is 0 Å². The Bertz CT molecular complexity index is 1070. The molecule has 0 radical (unpaired) electrons.